The molecular weight excluding hydrogens is 213 g/mol. The van der Waals surface area contributed by atoms with Crippen LogP contribution < -0.4 is 5.56 Å². The molecule has 0 aliphatic carbocycles. The Morgan fingerprint density at radius 2 is 2.15 bits per heavy atom. The van der Waals surface area contributed by atoms with Gasteiger partial charge in [0.05, 0.1) is 10.9 Å². The van der Waals surface area contributed by atoms with Crippen LogP contribution in [0.4, 0.5) is 0 Å². The number of aromatic nitrogens is 3. The fourth-order valence-electron chi connectivity index (χ4n) is 0.982. The normalized spacial score (nSPS) is 10.6. The maximum absolute atomic E-state index is 11.2. The Bertz CT molecular complexity index is 517. The number of halogens is 2. The summed E-state index contributed by atoms with van der Waals surface area (Å²) < 4.78 is 0. The predicted octanol–water partition coefficient (Wildman–Crippen LogP) is 1.62. The Kier molecular flexibility index (Phi) is 1.94. The van der Waals surface area contributed by atoms with Gasteiger partial charge in [0.2, 0.25) is 5.28 Å². The van der Waals surface area contributed by atoms with Gasteiger partial charge < -0.3 is 0 Å². The van der Waals surface area contributed by atoms with Crippen LogP contribution in [0.3, 0.4) is 0 Å². The van der Waals surface area contributed by atoms with E-state index in [0.29, 0.717) is 10.9 Å². The lowest BCUT2D eigenvalue weighted by molar-refractivity contribution is 1.16. The van der Waals surface area contributed by atoms with E-state index in [0.717, 1.165) is 0 Å². The van der Waals surface area contributed by atoms with Gasteiger partial charge in [0, 0.05) is 12.3 Å². The van der Waals surface area contributed by atoms with Crippen molar-refractivity contribution < 1.29 is 0 Å². The predicted molar refractivity (Wildman–Crippen MR) is 50.2 cm³/mol. The molecule has 0 unspecified atom stereocenters. The van der Waals surface area contributed by atoms with Crippen molar-refractivity contribution >= 4 is 34.1 Å². The van der Waals surface area contributed by atoms with E-state index in [1.165, 1.54) is 12.3 Å². The van der Waals surface area contributed by atoms with Crippen molar-refractivity contribution in [3.63, 3.8) is 0 Å². The van der Waals surface area contributed by atoms with Crippen LogP contribution in [0, 0.1) is 0 Å². The van der Waals surface area contributed by atoms with Crippen LogP contribution in [-0.2, 0) is 0 Å². The zero-order valence-electron chi connectivity index (χ0n) is 6.21. The van der Waals surface area contributed by atoms with E-state index < -0.39 is 0 Å². The van der Waals surface area contributed by atoms with Gasteiger partial charge in [0.15, 0.2) is 0 Å². The molecule has 4 nitrogen and oxygen atoms in total. The smallest absolute Gasteiger partial charge is 0.261 e. The molecule has 2 heterocycles. The summed E-state index contributed by atoms with van der Waals surface area (Å²) in [5.41, 5.74) is 0.118. The molecule has 0 bridgehead atoms. The van der Waals surface area contributed by atoms with E-state index in [1.54, 1.807) is 0 Å². The first-order chi connectivity index (χ1) is 6.16. The highest BCUT2D eigenvalue weighted by atomic mass is 35.5. The summed E-state index contributed by atoms with van der Waals surface area (Å²) in [7, 11) is 0. The summed E-state index contributed by atoms with van der Waals surface area (Å²) in [5.74, 6) is 0. The number of nitrogens with one attached hydrogen (secondary N) is 1. The Morgan fingerprint density at radius 3 is 2.92 bits per heavy atom. The number of nitrogens with zero attached hydrogens (tertiary/aromatic N) is 2. The molecule has 0 saturated heterocycles. The lowest BCUT2D eigenvalue weighted by Gasteiger charge is -1.96. The molecule has 0 aromatic carbocycles. The Balaban J connectivity index is 2.95. The molecule has 0 amide bonds. The van der Waals surface area contributed by atoms with Crippen molar-refractivity contribution in [3.8, 4) is 0 Å². The zero-order valence-corrected chi connectivity index (χ0v) is 7.73. The summed E-state index contributed by atoms with van der Waals surface area (Å²) >= 11 is 11.2. The number of fused-ring (bicyclic) bond motifs is 1. The first-order valence-corrected chi connectivity index (χ1v) is 4.13. The molecule has 2 aromatic rings. The van der Waals surface area contributed by atoms with E-state index in [9.17, 15) is 4.79 Å². The average molecular weight is 216 g/mol. The molecule has 66 valence electrons. The van der Waals surface area contributed by atoms with Crippen LogP contribution in [0.1, 0.15) is 0 Å². The van der Waals surface area contributed by atoms with Crippen molar-refractivity contribution in [3.05, 3.63) is 33.1 Å². The van der Waals surface area contributed by atoms with E-state index in [1.807, 2.05) is 0 Å². The Hall–Kier alpha value is -1.13. The fraction of sp³-hybridized carbons (Fsp3) is 0. The van der Waals surface area contributed by atoms with E-state index in [4.69, 9.17) is 23.2 Å². The molecule has 2 rings (SSSR count). The largest absolute Gasteiger partial charge is 0.297 e. The Morgan fingerprint density at radius 1 is 1.38 bits per heavy atom. The van der Waals surface area contributed by atoms with Crippen LogP contribution in [-0.4, -0.2) is 15.0 Å². The average Bonchev–Trinajstić information content (AvgIpc) is 2.02. The summed E-state index contributed by atoms with van der Waals surface area (Å²) in [6.07, 6.45) is 1.36. The third-order valence-electron chi connectivity index (χ3n) is 1.53. The highest BCUT2D eigenvalue weighted by molar-refractivity contribution is 6.30. The van der Waals surface area contributed by atoms with Gasteiger partial charge in [0.1, 0.15) is 5.15 Å². The number of hydrogen-bond donors (Lipinski definition) is 1. The van der Waals surface area contributed by atoms with E-state index in [-0.39, 0.29) is 16.0 Å². The molecule has 13 heavy (non-hydrogen) atoms. The molecule has 0 saturated carbocycles. The maximum atomic E-state index is 11.2. The van der Waals surface area contributed by atoms with Crippen LogP contribution in [0.5, 0.6) is 0 Å². The van der Waals surface area contributed by atoms with Crippen LogP contribution >= 0.6 is 23.2 Å². The van der Waals surface area contributed by atoms with Gasteiger partial charge in [-0.1, -0.05) is 11.6 Å². The number of rotatable bonds is 0. The molecule has 2 aromatic heterocycles. The van der Waals surface area contributed by atoms with Crippen molar-refractivity contribution in [2.45, 2.75) is 0 Å². The molecule has 0 aliphatic heterocycles. The van der Waals surface area contributed by atoms with Crippen LogP contribution in [0.2, 0.25) is 10.4 Å². The first kappa shape index (κ1) is 8.47. The standard InChI is InChI=1S/C7H3Cl2N3O/c8-5-1-4-3(2-10-5)6(13)12-7(9)11-4/h1-2H,(H,11,12,13). The highest BCUT2D eigenvalue weighted by Gasteiger charge is 2.02. The van der Waals surface area contributed by atoms with Gasteiger partial charge in [0.25, 0.3) is 5.56 Å². The molecule has 0 atom stereocenters. The topological polar surface area (TPSA) is 58.6 Å². The number of pyridine rings is 1. The van der Waals surface area contributed by atoms with Crippen molar-refractivity contribution in [2.75, 3.05) is 0 Å². The minimum atomic E-state index is -0.320. The second-order valence-electron chi connectivity index (χ2n) is 2.38. The van der Waals surface area contributed by atoms with Gasteiger partial charge >= 0.3 is 0 Å². The minimum Gasteiger partial charge on any atom is -0.297 e. The number of hydrogen-bond acceptors (Lipinski definition) is 3. The van der Waals surface area contributed by atoms with Gasteiger partial charge in [-0.3, -0.25) is 9.78 Å². The molecule has 1 N–H and O–H groups in total. The van der Waals surface area contributed by atoms with Gasteiger partial charge in [-0.05, 0) is 11.6 Å². The third kappa shape index (κ3) is 1.50. The van der Waals surface area contributed by atoms with Crippen LogP contribution in [0.25, 0.3) is 10.9 Å². The number of H-pyrrole nitrogens is 1. The summed E-state index contributed by atoms with van der Waals surface area (Å²) in [5, 5.41) is 0.690. The third-order valence-corrected chi connectivity index (χ3v) is 1.91. The second-order valence-corrected chi connectivity index (χ2v) is 3.13. The molecular formula is C7H3Cl2N3O. The van der Waals surface area contributed by atoms with Gasteiger partial charge in [-0.2, -0.15) is 0 Å². The second kappa shape index (κ2) is 2.97. The lowest BCUT2D eigenvalue weighted by atomic mass is 10.3. The first-order valence-electron chi connectivity index (χ1n) is 3.38. The number of aromatic amines is 1. The maximum Gasteiger partial charge on any atom is 0.261 e. The van der Waals surface area contributed by atoms with Crippen molar-refractivity contribution in [1.82, 2.24) is 15.0 Å². The van der Waals surface area contributed by atoms with Crippen molar-refractivity contribution in [2.24, 2.45) is 0 Å². The van der Waals surface area contributed by atoms with E-state index >= 15 is 0 Å². The van der Waals surface area contributed by atoms with Gasteiger partial charge in [-0.25, -0.2) is 9.97 Å². The molecule has 0 spiro atoms. The molecule has 0 aliphatic rings. The summed E-state index contributed by atoms with van der Waals surface area (Å²) in [6.45, 7) is 0. The molecule has 0 radical (unpaired) electrons. The molecule has 0 fully saturated rings. The SMILES string of the molecule is O=c1[nH]c(Cl)nc2cc(Cl)ncc12. The van der Waals surface area contributed by atoms with Crippen molar-refractivity contribution in [1.29, 1.82) is 0 Å². The molecule has 6 heteroatoms. The van der Waals surface area contributed by atoms with E-state index in [2.05, 4.69) is 15.0 Å². The van der Waals surface area contributed by atoms with Crippen LogP contribution in [0.15, 0.2) is 17.1 Å². The van der Waals surface area contributed by atoms with Gasteiger partial charge in [-0.15, -0.1) is 0 Å². The highest BCUT2D eigenvalue weighted by Crippen LogP contribution is 2.12. The lowest BCUT2D eigenvalue weighted by Crippen LogP contribution is -2.07. The minimum absolute atomic E-state index is 0.0415. The zero-order chi connectivity index (χ0) is 9.42. The monoisotopic (exact) mass is 215 g/mol. The quantitative estimate of drug-likeness (QED) is 0.537. The summed E-state index contributed by atoms with van der Waals surface area (Å²) in [6, 6.07) is 1.48. The fourth-order valence-corrected chi connectivity index (χ4v) is 1.31. The Labute approximate surface area is 82.5 Å². The summed E-state index contributed by atoms with van der Waals surface area (Å²) in [4.78, 5) is 21.2.